The van der Waals surface area contributed by atoms with Crippen molar-refractivity contribution in [1.82, 2.24) is 0 Å². The number of carbonyl (C=O) groups excluding carboxylic acids is 2. The van der Waals surface area contributed by atoms with E-state index in [1.54, 1.807) is 6.92 Å². The second-order valence-electron chi connectivity index (χ2n) is 19.9. The smallest absolute Gasteiger partial charge is 0.327 e. The Labute approximate surface area is 551 Å². The molecule has 90 heavy (non-hydrogen) atoms. The summed E-state index contributed by atoms with van der Waals surface area (Å²) in [5, 5.41) is 36.6. The maximum Gasteiger partial charge on any atom is 0.327 e. The third-order valence-electron chi connectivity index (χ3n) is 13.3. The van der Waals surface area contributed by atoms with Gasteiger partial charge in [0.15, 0.2) is 0 Å². The van der Waals surface area contributed by atoms with Gasteiger partial charge in [0.25, 0.3) is 0 Å². The second kappa shape index (κ2) is 64.8. The Morgan fingerprint density at radius 2 is 0.911 bits per heavy atom. The summed E-state index contributed by atoms with van der Waals surface area (Å²) in [6, 6.07) is 30.1. The highest BCUT2D eigenvalue weighted by Gasteiger charge is 2.31. The van der Waals surface area contributed by atoms with E-state index in [0.29, 0.717) is 57.8 Å². The fourth-order valence-corrected chi connectivity index (χ4v) is 7.54. The minimum atomic E-state index is -0.981. The van der Waals surface area contributed by atoms with Crippen LogP contribution < -0.4 is 0 Å². The molecule has 2 fully saturated rings. The number of esters is 2. The lowest BCUT2D eigenvalue weighted by molar-refractivity contribution is -0.164. The monoisotopic (exact) mass is 1280 g/mol. The Balaban J connectivity index is -0.000000130. The highest BCUT2D eigenvalue weighted by molar-refractivity contribution is 5.78. The van der Waals surface area contributed by atoms with Crippen molar-refractivity contribution in [2.75, 3.05) is 52.9 Å². The molecular weight excluding hydrogens is 1140 g/mol. The molecule has 2 aliphatic heterocycles. The van der Waals surface area contributed by atoms with Gasteiger partial charge in [-0.25, -0.2) is 4.79 Å². The largest absolute Gasteiger partial charge is 0.499 e. The molecule has 12 unspecified atom stereocenters. The van der Waals surface area contributed by atoms with Gasteiger partial charge in [0.1, 0.15) is 31.0 Å². The van der Waals surface area contributed by atoms with E-state index in [-0.39, 0.29) is 155 Å². The molecule has 528 valence electrons. The van der Waals surface area contributed by atoms with Gasteiger partial charge in [-0.05, 0) is 86.8 Å². The van der Waals surface area contributed by atoms with E-state index >= 15 is 0 Å². The van der Waals surface area contributed by atoms with Gasteiger partial charge in [-0.1, -0.05) is 240 Å². The SMILES string of the molecule is C.C.C.C.C.C.C.C.C.C.C=CC(=O)O.C=COCC1CO1.C=Cc1ccccc1.CCC(C)OCC(CO)OC(=O)C(CC(CC)OCC(CO)OC(=O)C(C)CC)CC(C)c1ccccc1.CCC(CC(CC(C)c1ccccc1)C(=O)O)OCC1CO1. The first-order chi connectivity index (χ1) is 38.4. The van der Waals surface area contributed by atoms with Crippen LogP contribution >= 0.6 is 0 Å². The van der Waals surface area contributed by atoms with E-state index in [4.69, 9.17) is 43.0 Å². The molecule has 0 amide bonds. The van der Waals surface area contributed by atoms with Gasteiger partial charge in [0.05, 0.1) is 88.6 Å². The van der Waals surface area contributed by atoms with Gasteiger partial charge in [-0.3, -0.25) is 14.4 Å². The Morgan fingerprint density at radius 3 is 1.27 bits per heavy atom. The highest BCUT2D eigenvalue weighted by atomic mass is 16.6. The lowest BCUT2D eigenvalue weighted by atomic mass is 9.86. The van der Waals surface area contributed by atoms with E-state index in [1.165, 1.54) is 17.4 Å². The van der Waals surface area contributed by atoms with E-state index in [2.05, 4.69) is 45.7 Å². The molecule has 3 aromatic rings. The first-order valence-corrected chi connectivity index (χ1v) is 28.2. The average Bonchev–Trinajstić information content (AvgIpc) is 3.91. The number of benzene rings is 3. The zero-order chi connectivity index (χ0) is 59.7. The number of hydrogen-bond donors (Lipinski definition) is 4. The van der Waals surface area contributed by atoms with Gasteiger partial charge >= 0.3 is 23.9 Å². The van der Waals surface area contributed by atoms with Crippen LogP contribution in [0.2, 0.25) is 0 Å². The van der Waals surface area contributed by atoms with Crippen molar-refractivity contribution in [2.24, 2.45) is 17.8 Å². The van der Waals surface area contributed by atoms with E-state index in [0.717, 1.165) is 37.7 Å². The van der Waals surface area contributed by atoms with Gasteiger partial charge in [0.2, 0.25) is 0 Å². The molecule has 16 heteroatoms. The van der Waals surface area contributed by atoms with Crippen molar-refractivity contribution >= 4 is 30.0 Å². The number of aliphatic hydroxyl groups excluding tert-OH is 2. The summed E-state index contributed by atoms with van der Waals surface area (Å²) in [5.74, 6) is -3.27. The quantitative estimate of drug-likeness (QED) is 0.0186. The van der Waals surface area contributed by atoms with Crippen molar-refractivity contribution in [3.63, 3.8) is 0 Å². The van der Waals surface area contributed by atoms with Crippen LogP contribution in [0.3, 0.4) is 0 Å². The first-order valence-electron chi connectivity index (χ1n) is 28.2. The minimum absolute atomic E-state index is 0. The Hall–Kier alpha value is -5.72. The highest BCUT2D eigenvalue weighted by Crippen LogP contribution is 2.30. The summed E-state index contributed by atoms with van der Waals surface area (Å²) in [7, 11) is 0. The summed E-state index contributed by atoms with van der Waals surface area (Å²) < 4.78 is 43.4. The van der Waals surface area contributed by atoms with E-state index in [9.17, 15) is 34.5 Å². The summed E-state index contributed by atoms with van der Waals surface area (Å²) >= 11 is 0. The molecule has 0 aromatic heterocycles. The lowest BCUT2D eigenvalue weighted by Crippen LogP contribution is -2.35. The standard InChI is InChI=1S/C30H50O8.C18H26O4.C8H8.C5H8O2.C3H4O2.10CH4/c1-7-21(4)29(33)37-28(18-32)20-36-26(9-3)16-25(15-22(5)24-13-11-10-12-14-24)30(34)38-27(17-31)19-35-23(6)8-2;1-3-16(21-11-17-12-22-17)10-15(18(19)20)9-13(2)14-7-5-4-6-8-14;1-2-8-6-4-3-5-7-8;1-2-6-3-5-4-7-5;1-2-3(4)5;;;;;;;;;;/h10-14,21-23,25-28,31-32H,7-9,15-20H2,1-6H3;4-8,13,15-17H,3,9-12H2,1-2H3,(H,19,20);2-7H,1H2;2,5H,1,3-4H2;2H,1H2,(H,4,5);10*1H4. The molecule has 5 rings (SSSR count). The van der Waals surface area contributed by atoms with E-state index in [1.807, 2.05) is 120 Å². The van der Waals surface area contributed by atoms with Crippen LogP contribution in [0.1, 0.15) is 210 Å². The predicted octanol–water partition coefficient (Wildman–Crippen LogP) is 17.6. The van der Waals surface area contributed by atoms with Crippen LogP contribution in [0, 0.1) is 17.8 Å². The molecule has 0 spiro atoms. The number of aliphatic carboxylic acids is 2. The van der Waals surface area contributed by atoms with Crippen LogP contribution in [0.15, 0.2) is 123 Å². The topological polar surface area (TPSA) is 230 Å². The molecular formula is C74H136O16. The van der Waals surface area contributed by atoms with Crippen molar-refractivity contribution in [2.45, 2.75) is 236 Å². The van der Waals surface area contributed by atoms with Crippen molar-refractivity contribution < 1.29 is 77.5 Å². The minimum Gasteiger partial charge on any atom is -0.499 e. The maximum absolute atomic E-state index is 13.3. The van der Waals surface area contributed by atoms with Gasteiger partial charge < -0.3 is 58.3 Å². The van der Waals surface area contributed by atoms with Crippen molar-refractivity contribution in [1.29, 1.82) is 0 Å². The number of hydrogen-bond acceptors (Lipinski definition) is 14. The molecule has 12 atom stereocenters. The maximum atomic E-state index is 13.3. The van der Waals surface area contributed by atoms with Crippen LogP contribution in [0.5, 0.6) is 0 Å². The summed E-state index contributed by atoms with van der Waals surface area (Å²) in [6.07, 6.45) is 7.92. The third-order valence-corrected chi connectivity index (χ3v) is 13.3. The molecule has 0 bridgehead atoms. The number of aliphatic hydroxyl groups is 2. The molecule has 16 nitrogen and oxygen atoms in total. The van der Waals surface area contributed by atoms with Crippen molar-refractivity contribution in [3.8, 4) is 0 Å². The number of carboxylic acids is 2. The zero-order valence-electron chi connectivity index (χ0n) is 48.9. The van der Waals surface area contributed by atoms with Crippen LogP contribution in [0.25, 0.3) is 6.08 Å². The Kier molecular flexibility index (Phi) is 76.3. The van der Waals surface area contributed by atoms with Gasteiger partial charge in [-0.15, -0.1) is 0 Å². The Bertz CT molecular complexity index is 2100. The molecule has 2 heterocycles. The van der Waals surface area contributed by atoms with Crippen LogP contribution in [0.4, 0.5) is 0 Å². The lowest BCUT2D eigenvalue weighted by Gasteiger charge is -2.27. The van der Waals surface area contributed by atoms with Gasteiger partial charge in [0, 0.05) is 6.08 Å². The molecule has 0 saturated carbocycles. The molecule has 2 aliphatic rings. The van der Waals surface area contributed by atoms with Crippen LogP contribution in [-0.4, -0.2) is 140 Å². The average molecular weight is 1280 g/mol. The fraction of sp³-hybridized carbons (Fsp3) is 0.622. The molecule has 2 saturated heterocycles. The van der Waals surface area contributed by atoms with Crippen LogP contribution in [-0.2, 0) is 57.1 Å². The van der Waals surface area contributed by atoms with E-state index < -0.39 is 36.0 Å². The molecule has 0 aliphatic carbocycles. The zero-order valence-corrected chi connectivity index (χ0v) is 48.9. The summed E-state index contributed by atoms with van der Waals surface area (Å²) in [6.45, 7) is 28.1. The number of ether oxygens (including phenoxy) is 8. The Morgan fingerprint density at radius 1 is 0.522 bits per heavy atom. The third kappa shape index (κ3) is 51.0. The number of rotatable bonds is 35. The number of carbonyl (C=O) groups is 4. The summed E-state index contributed by atoms with van der Waals surface area (Å²) in [5.41, 5.74) is 3.48. The normalized spacial score (nSPS) is 15.5. The predicted molar refractivity (Wildman–Crippen MR) is 379 cm³/mol. The number of epoxide rings is 2. The molecule has 4 N–H and O–H groups in total. The van der Waals surface area contributed by atoms with Gasteiger partial charge in [-0.2, -0.15) is 0 Å². The van der Waals surface area contributed by atoms with Crippen molar-refractivity contribution in [3.05, 3.63) is 140 Å². The fourth-order valence-electron chi connectivity index (χ4n) is 7.54. The second-order valence-corrected chi connectivity index (χ2v) is 19.9. The first kappa shape index (κ1) is 106. The number of carboxylic acid groups (broad SMARTS) is 2. The summed E-state index contributed by atoms with van der Waals surface area (Å²) in [4.78, 5) is 46.3. The molecule has 0 radical (unpaired) electrons. The molecule has 3 aromatic carbocycles.